The summed E-state index contributed by atoms with van der Waals surface area (Å²) in [7, 11) is 0. The number of nitrogens with zero attached hydrogens (tertiary/aromatic N) is 1. The van der Waals surface area contributed by atoms with Crippen molar-refractivity contribution in [3.8, 4) is 0 Å². The lowest BCUT2D eigenvalue weighted by atomic mass is 10.1. The Labute approximate surface area is 109 Å². The molecule has 3 aromatic rings. The standard InChI is InChI=1S/C14H11ClN2O/c15-10-5-6-13-12(8-10)17-14(18-13)7-9-3-1-2-4-11(9)16/h1-6,8H,7,16H2. The van der Waals surface area contributed by atoms with Crippen LogP contribution in [0.2, 0.25) is 5.02 Å². The lowest BCUT2D eigenvalue weighted by molar-refractivity contribution is 0.544. The first-order valence-electron chi connectivity index (χ1n) is 5.61. The van der Waals surface area contributed by atoms with Crippen LogP contribution in [0.15, 0.2) is 46.9 Å². The van der Waals surface area contributed by atoms with Crippen LogP contribution in [0.1, 0.15) is 11.5 Å². The van der Waals surface area contributed by atoms with Crippen molar-refractivity contribution in [3.05, 3.63) is 58.9 Å². The number of aromatic nitrogens is 1. The van der Waals surface area contributed by atoms with Gasteiger partial charge < -0.3 is 10.2 Å². The summed E-state index contributed by atoms with van der Waals surface area (Å²) < 4.78 is 5.66. The SMILES string of the molecule is Nc1ccccc1Cc1nc2cc(Cl)ccc2o1. The number of hydrogen-bond acceptors (Lipinski definition) is 3. The van der Waals surface area contributed by atoms with E-state index in [0.29, 0.717) is 17.3 Å². The van der Waals surface area contributed by atoms with Gasteiger partial charge in [-0.1, -0.05) is 29.8 Å². The maximum Gasteiger partial charge on any atom is 0.199 e. The molecule has 3 nitrogen and oxygen atoms in total. The molecule has 0 saturated carbocycles. The lowest BCUT2D eigenvalue weighted by Gasteiger charge is -2.01. The normalized spacial score (nSPS) is 10.9. The van der Waals surface area contributed by atoms with Gasteiger partial charge in [0.05, 0.1) is 6.42 Å². The molecule has 1 heterocycles. The molecule has 0 amide bonds. The third-order valence-corrected chi connectivity index (χ3v) is 3.03. The highest BCUT2D eigenvalue weighted by atomic mass is 35.5. The number of oxazole rings is 1. The smallest absolute Gasteiger partial charge is 0.199 e. The summed E-state index contributed by atoms with van der Waals surface area (Å²) in [5, 5.41) is 0.654. The molecule has 0 spiro atoms. The zero-order chi connectivity index (χ0) is 12.5. The summed E-state index contributed by atoms with van der Waals surface area (Å²) >= 11 is 5.91. The van der Waals surface area contributed by atoms with Crippen LogP contribution in [0.4, 0.5) is 5.69 Å². The molecule has 0 aliphatic heterocycles. The van der Waals surface area contributed by atoms with E-state index >= 15 is 0 Å². The molecular weight excluding hydrogens is 248 g/mol. The topological polar surface area (TPSA) is 52.0 Å². The van der Waals surface area contributed by atoms with Gasteiger partial charge in [0.1, 0.15) is 5.52 Å². The number of nitrogens with two attached hydrogens (primary N) is 1. The largest absolute Gasteiger partial charge is 0.440 e. The van der Waals surface area contributed by atoms with Gasteiger partial charge in [0.15, 0.2) is 11.5 Å². The number of benzene rings is 2. The molecule has 0 bridgehead atoms. The Morgan fingerprint density at radius 1 is 1.17 bits per heavy atom. The fourth-order valence-electron chi connectivity index (χ4n) is 1.88. The van der Waals surface area contributed by atoms with Crippen LogP contribution in [0.5, 0.6) is 0 Å². The molecule has 0 atom stereocenters. The van der Waals surface area contributed by atoms with Crippen molar-refractivity contribution in [1.82, 2.24) is 4.98 Å². The molecule has 4 heteroatoms. The van der Waals surface area contributed by atoms with Crippen molar-refractivity contribution in [2.24, 2.45) is 0 Å². The van der Waals surface area contributed by atoms with Crippen molar-refractivity contribution in [2.45, 2.75) is 6.42 Å². The van der Waals surface area contributed by atoms with Crippen LogP contribution in [0.25, 0.3) is 11.1 Å². The van der Waals surface area contributed by atoms with Crippen LogP contribution in [0, 0.1) is 0 Å². The van der Waals surface area contributed by atoms with Crippen LogP contribution in [-0.4, -0.2) is 4.98 Å². The number of anilines is 1. The molecule has 0 aliphatic carbocycles. The first-order chi connectivity index (χ1) is 8.72. The van der Waals surface area contributed by atoms with Crippen molar-refractivity contribution in [2.75, 3.05) is 5.73 Å². The Balaban J connectivity index is 1.98. The summed E-state index contributed by atoms with van der Waals surface area (Å²) in [4.78, 5) is 4.40. The fraction of sp³-hybridized carbons (Fsp3) is 0.0714. The quantitative estimate of drug-likeness (QED) is 0.714. The van der Waals surface area contributed by atoms with Gasteiger partial charge in [0, 0.05) is 10.7 Å². The highest BCUT2D eigenvalue weighted by Crippen LogP contribution is 2.22. The summed E-state index contributed by atoms with van der Waals surface area (Å²) in [6.45, 7) is 0. The maximum atomic E-state index is 5.91. The number of nitrogen functional groups attached to an aromatic ring is 1. The minimum atomic E-state index is 0.582. The minimum Gasteiger partial charge on any atom is -0.440 e. The van der Waals surface area contributed by atoms with Crippen LogP contribution >= 0.6 is 11.6 Å². The summed E-state index contributed by atoms with van der Waals surface area (Å²) in [6, 6.07) is 13.1. The van der Waals surface area contributed by atoms with Crippen molar-refractivity contribution >= 4 is 28.4 Å². The molecule has 2 N–H and O–H groups in total. The van der Waals surface area contributed by atoms with E-state index in [1.54, 1.807) is 12.1 Å². The molecule has 0 aliphatic rings. The van der Waals surface area contributed by atoms with E-state index in [9.17, 15) is 0 Å². The average molecular weight is 259 g/mol. The molecule has 2 aromatic carbocycles. The molecule has 90 valence electrons. The molecule has 1 aromatic heterocycles. The van der Waals surface area contributed by atoms with E-state index in [1.807, 2.05) is 30.3 Å². The van der Waals surface area contributed by atoms with Gasteiger partial charge in [-0.25, -0.2) is 4.98 Å². The van der Waals surface area contributed by atoms with Gasteiger partial charge in [0.2, 0.25) is 0 Å². The Morgan fingerprint density at radius 2 is 2.00 bits per heavy atom. The van der Waals surface area contributed by atoms with E-state index in [-0.39, 0.29) is 0 Å². The number of para-hydroxylation sites is 1. The van der Waals surface area contributed by atoms with Gasteiger partial charge in [-0.3, -0.25) is 0 Å². The first kappa shape index (κ1) is 11.1. The Bertz CT molecular complexity index is 706. The van der Waals surface area contributed by atoms with Crippen LogP contribution in [0.3, 0.4) is 0 Å². The monoisotopic (exact) mass is 258 g/mol. The number of rotatable bonds is 2. The highest BCUT2D eigenvalue weighted by molar-refractivity contribution is 6.31. The highest BCUT2D eigenvalue weighted by Gasteiger charge is 2.08. The first-order valence-corrected chi connectivity index (χ1v) is 5.98. The van der Waals surface area contributed by atoms with Crippen LogP contribution in [-0.2, 0) is 6.42 Å². The molecule has 0 unspecified atom stereocenters. The third kappa shape index (κ3) is 2.05. The van der Waals surface area contributed by atoms with Crippen molar-refractivity contribution < 1.29 is 4.42 Å². The van der Waals surface area contributed by atoms with Gasteiger partial charge in [-0.05, 0) is 29.8 Å². The predicted molar refractivity (Wildman–Crippen MR) is 72.7 cm³/mol. The van der Waals surface area contributed by atoms with Gasteiger partial charge in [0.25, 0.3) is 0 Å². The van der Waals surface area contributed by atoms with Gasteiger partial charge in [-0.15, -0.1) is 0 Å². The second-order valence-corrected chi connectivity index (χ2v) is 4.53. The number of hydrogen-bond donors (Lipinski definition) is 1. The number of fused-ring (bicyclic) bond motifs is 1. The Morgan fingerprint density at radius 3 is 2.83 bits per heavy atom. The molecule has 18 heavy (non-hydrogen) atoms. The fourth-order valence-corrected chi connectivity index (χ4v) is 2.05. The minimum absolute atomic E-state index is 0.582. The van der Waals surface area contributed by atoms with E-state index < -0.39 is 0 Å². The molecular formula is C14H11ClN2O. The van der Waals surface area contributed by atoms with Crippen molar-refractivity contribution in [3.63, 3.8) is 0 Å². The predicted octanol–water partition coefficient (Wildman–Crippen LogP) is 3.65. The Kier molecular flexibility index (Phi) is 2.68. The molecule has 0 fully saturated rings. The molecule has 0 saturated heterocycles. The van der Waals surface area contributed by atoms with E-state index in [4.69, 9.17) is 21.8 Å². The summed E-state index contributed by atoms with van der Waals surface area (Å²) in [5.74, 6) is 0.644. The molecule has 0 radical (unpaired) electrons. The van der Waals surface area contributed by atoms with Gasteiger partial charge in [-0.2, -0.15) is 0 Å². The third-order valence-electron chi connectivity index (χ3n) is 2.79. The number of halogens is 1. The summed E-state index contributed by atoms with van der Waals surface area (Å²) in [6.07, 6.45) is 0.582. The zero-order valence-electron chi connectivity index (χ0n) is 9.56. The zero-order valence-corrected chi connectivity index (χ0v) is 10.3. The Hall–Kier alpha value is -2.00. The van der Waals surface area contributed by atoms with E-state index in [2.05, 4.69) is 4.98 Å². The lowest BCUT2D eigenvalue weighted by Crippen LogP contribution is -1.95. The maximum absolute atomic E-state index is 5.91. The summed E-state index contributed by atoms with van der Waals surface area (Å²) in [5.41, 5.74) is 9.16. The van der Waals surface area contributed by atoms with E-state index in [0.717, 1.165) is 22.4 Å². The second kappa shape index (κ2) is 4.35. The van der Waals surface area contributed by atoms with E-state index in [1.165, 1.54) is 0 Å². The average Bonchev–Trinajstić information content (AvgIpc) is 2.73. The molecule has 3 rings (SSSR count). The van der Waals surface area contributed by atoms with Gasteiger partial charge >= 0.3 is 0 Å². The van der Waals surface area contributed by atoms with Crippen LogP contribution < -0.4 is 5.73 Å². The second-order valence-electron chi connectivity index (χ2n) is 4.10. The van der Waals surface area contributed by atoms with Crippen molar-refractivity contribution in [1.29, 1.82) is 0 Å².